The molecular weight excluding hydrogens is 455 g/mol. The van der Waals surface area contributed by atoms with Crippen molar-refractivity contribution in [1.29, 1.82) is 0 Å². The van der Waals surface area contributed by atoms with Gasteiger partial charge in [0.05, 0.1) is 23.1 Å². The van der Waals surface area contributed by atoms with Gasteiger partial charge in [0.2, 0.25) is 0 Å². The van der Waals surface area contributed by atoms with E-state index in [-0.39, 0.29) is 11.8 Å². The van der Waals surface area contributed by atoms with Crippen LogP contribution in [0.15, 0.2) is 16.6 Å². The van der Waals surface area contributed by atoms with Crippen LogP contribution in [-0.2, 0) is 6.18 Å². The Kier molecular flexibility index (Phi) is 6.07. The summed E-state index contributed by atoms with van der Waals surface area (Å²) in [4.78, 5) is 0. The van der Waals surface area contributed by atoms with Crippen molar-refractivity contribution in [3.63, 3.8) is 0 Å². The van der Waals surface area contributed by atoms with E-state index in [1.807, 2.05) is 13.8 Å². The largest absolute Gasteiger partial charge is 0.417 e. The van der Waals surface area contributed by atoms with Gasteiger partial charge in [-0.3, -0.25) is 0 Å². The molecule has 19 heavy (non-hydrogen) atoms. The molecule has 1 heterocycles. The summed E-state index contributed by atoms with van der Waals surface area (Å²) in [5.74, 6) is 0. The summed E-state index contributed by atoms with van der Waals surface area (Å²) in [7, 11) is 0. The van der Waals surface area contributed by atoms with Crippen molar-refractivity contribution in [3.05, 3.63) is 27.9 Å². The quantitative estimate of drug-likeness (QED) is 0.375. The summed E-state index contributed by atoms with van der Waals surface area (Å²) in [6.45, 7) is 5.60. The van der Waals surface area contributed by atoms with E-state index in [2.05, 4.69) is 43.1 Å². The summed E-state index contributed by atoms with van der Waals surface area (Å²) < 4.78 is 40.8. The summed E-state index contributed by atoms with van der Waals surface area (Å²) in [5, 5.41) is 4.31. The second kappa shape index (κ2) is 6.72. The van der Waals surface area contributed by atoms with Crippen LogP contribution in [0.3, 0.4) is 0 Å². The zero-order valence-corrected chi connectivity index (χ0v) is 15.2. The number of hydrogen-bond donors (Lipinski definition) is 0. The molecule has 1 atom stereocenters. The van der Waals surface area contributed by atoms with Gasteiger partial charge < -0.3 is 0 Å². The molecule has 106 valence electrons. The lowest BCUT2D eigenvalue weighted by molar-refractivity contribution is -0.136. The van der Waals surface area contributed by atoms with Crippen LogP contribution in [0.5, 0.6) is 0 Å². The average molecular weight is 467 g/mol. The first kappa shape index (κ1) is 17.2. The molecule has 0 radical (unpaired) electrons. The fourth-order valence-corrected chi connectivity index (χ4v) is 3.69. The maximum atomic E-state index is 12.9. The third-order valence-electron chi connectivity index (χ3n) is 2.31. The van der Waals surface area contributed by atoms with Crippen LogP contribution in [0.25, 0.3) is 10.9 Å². The minimum Gasteiger partial charge on any atom is -0.237 e. The zero-order chi connectivity index (χ0) is 14.8. The van der Waals surface area contributed by atoms with Crippen molar-refractivity contribution in [3.8, 4) is 0 Å². The van der Waals surface area contributed by atoms with Crippen LogP contribution in [0.4, 0.5) is 13.2 Å². The Labute approximate surface area is 132 Å². The molecule has 1 unspecified atom stereocenters. The first-order valence-corrected chi connectivity index (χ1v) is 10.3. The van der Waals surface area contributed by atoms with Crippen LogP contribution < -0.4 is 0 Å². The number of nitrogens with zero attached hydrogens (tertiary/aromatic N) is 2. The van der Waals surface area contributed by atoms with E-state index in [0.717, 1.165) is 6.07 Å². The molecule has 2 rings (SSSR count). The van der Waals surface area contributed by atoms with E-state index in [0.29, 0.717) is 15.7 Å². The van der Waals surface area contributed by atoms with Crippen molar-refractivity contribution in [1.82, 2.24) is 9.55 Å². The van der Waals surface area contributed by atoms with Crippen molar-refractivity contribution < 1.29 is 13.2 Å². The number of hydrogen-bond acceptors (Lipinski definition) is 1. The smallest absolute Gasteiger partial charge is 0.237 e. The number of alkyl halides is 3. The van der Waals surface area contributed by atoms with Gasteiger partial charge in [-0.15, -0.1) is 0 Å². The third kappa shape index (κ3) is 3.61. The molecule has 0 saturated carbocycles. The highest BCUT2D eigenvalue weighted by atomic mass is 127. The highest BCUT2D eigenvalue weighted by molar-refractivity contribution is 14.2. The first-order chi connectivity index (χ1) is 8.84. The van der Waals surface area contributed by atoms with E-state index in [1.54, 1.807) is 17.4 Å². The summed E-state index contributed by atoms with van der Waals surface area (Å²) >= 11 is 5.20. The van der Waals surface area contributed by atoms with Gasteiger partial charge in [0.25, 0.3) is 0 Å². The predicted octanol–water partition coefficient (Wildman–Crippen LogP) is 5.94. The lowest BCUT2D eigenvalue weighted by atomic mass is 10.1. The second-order valence-corrected chi connectivity index (χ2v) is 6.38. The molecule has 1 aromatic heterocycles. The van der Waals surface area contributed by atoms with Crippen LogP contribution in [0.1, 0.15) is 25.1 Å². The Morgan fingerprint density at radius 1 is 1.32 bits per heavy atom. The molecule has 0 saturated heterocycles. The van der Waals surface area contributed by atoms with Crippen LogP contribution in [-0.4, -0.2) is 9.55 Å². The first-order valence-electron chi connectivity index (χ1n) is 5.47. The van der Waals surface area contributed by atoms with E-state index in [4.69, 9.17) is 0 Å². The van der Waals surface area contributed by atoms with E-state index in [1.165, 1.54) is 0 Å². The van der Waals surface area contributed by atoms with Crippen molar-refractivity contribution in [2.75, 3.05) is 0 Å². The minimum atomic E-state index is -4.37. The lowest BCUT2D eigenvalue weighted by Gasteiger charge is -2.09. The summed E-state index contributed by atoms with van der Waals surface area (Å²) in [6.07, 6.45) is -4.10. The van der Waals surface area contributed by atoms with Crippen molar-refractivity contribution in [2.24, 2.45) is 0 Å². The van der Waals surface area contributed by atoms with Gasteiger partial charge in [0.15, 0.2) is 0 Å². The average Bonchev–Trinajstić information content (AvgIpc) is 2.66. The zero-order valence-electron chi connectivity index (χ0n) is 10.4. The lowest BCUT2D eigenvalue weighted by Crippen LogP contribution is -2.06. The Morgan fingerprint density at radius 2 is 1.89 bits per heavy atom. The SMILES string of the molecule is CC.Cc1nn(PI)c2cc(Br)cc(C(F)(F)F)c12. The molecule has 8 heteroatoms. The molecule has 0 spiro atoms. The maximum absolute atomic E-state index is 12.9. The molecular formula is C11H12BrF3IN2P. The minimum absolute atomic E-state index is 0.185. The normalized spacial score (nSPS) is 12.0. The topological polar surface area (TPSA) is 17.8 Å². The molecule has 0 aliphatic rings. The maximum Gasteiger partial charge on any atom is 0.417 e. The van der Waals surface area contributed by atoms with Crippen LogP contribution >= 0.6 is 44.3 Å². The van der Waals surface area contributed by atoms with Gasteiger partial charge in [-0.2, -0.15) is 18.3 Å². The number of halogens is 5. The van der Waals surface area contributed by atoms with Crippen LogP contribution in [0, 0.1) is 6.92 Å². The number of aryl methyl sites for hydroxylation is 1. The number of fused-ring (bicyclic) bond motifs is 1. The second-order valence-electron chi connectivity index (χ2n) is 3.43. The van der Waals surface area contributed by atoms with Gasteiger partial charge in [-0.25, -0.2) is 4.45 Å². The highest BCUT2D eigenvalue weighted by Crippen LogP contribution is 2.40. The Morgan fingerprint density at radius 3 is 2.37 bits per heavy atom. The third-order valence-corrected chi connectivity index (χ3v) is 4.64. The van der Waals surface area contributed by atoms with Gasteiger partial charge in [-0.05, 0) is 41.1 Å². The van der Waals surface area contributed by atoms with E-state index in [9.17, 15) is 13.2 Å². The number of benzene rings is 1. The monoisotopic (exact) mass is 466 g/mol. The highest BCUT2D eigenvalue weighted by Gasteiger charge is 2.34. The fraction of sp³-hybridized carbons (Fsp3) is 0.364. The van der Waals surface area contributed by atoms with E-state index >= 15 is 0 Å². The molecule has 0 amide bonds. The number of rotatable bonds is 1. The molecule has 1 aromatic carbocycles. The Hall–Kier alpha value is 0.120. The van der Waals surface area contributed by atoms with Gasteiger partial charge in [0.1, 0.15) is 0 Å². The van der Waals surface area contributed by atoms with E-state index < -0.39 is 11.7 Å². The molecule has 2 nitrogen and oxygen atoms in total. The summed E-state index contributed by atoms with van der Waals surface area (Å²) in [5.41, 5.74) is 0.279. The summed E-state index contributed by atoms with van der Waals surface area (Å²) in [6, 6.07) is 2.76. The van der Waals surface area contributed by atoms with Crippen LogP contribution in [0.2, 0.25) is 0 Å². The molecule has 2 aromatic rings. The predicted molar refractivity (Wildman–Crippen MR) is 86.3 cm³/mol. The molecule has 0 fully saturated rings. The standard InChI is InChI=1S/C9H6BrF3IN2P.C2H6/c1-4-8-6(9(11,12)13)2-5(10)3-7(8)16(15-4)17-14;1-2/h2-3,17H,1H3;1-2H3. The van der Waals surface area contributed by atoms with Gasteiger partial charge in [0, 0.05) is 9.86 Å². The Balaban J connectivity index is 0.000000861. The van der Waals surface area contributed by atoms with Crippen molar-refractivity contribution in [2.45, 2.75) is 26.9 Å². The molecule has 0 aliphatic carbocycles. The molecule has 0 bridgehead atoms. The van der Waals surface area contributed by atoms with Gasteiger partial charge in [-0.1, -0.05) is 29.8 Å². The molecule has 0 N–H and O–H groups in total. The van der Waals surface area contributed by atoms with Gasteiger partial charge >= 0.3 is 6.18 Å². The fourth-order valence-electron chi connectivity index (χ4n) is 1.68. The number of aromatic nitrogens is 2. The van der Waals surface area contributed by atoms with Crippen molar-refractivity contribution >= 4 is 55.2 Å². The Bertz CT molecular complexity index is 583. The molecule has 0 aliphatic heterocycles.